The molecule has 0 radical (unpaired) electrons. The first-order chi connectivity index (χ1) is 15.2. The average Bonchev–Trinajstić information content (AvgIpc) is 3.19. The van der Waals surface area contributed by atoms with Crippen molar-refractivity contribution in [1.82, 2.24) is 10.2 Å². The molecule has 4 aliphatic carbocycles. The molecule has 2 unspecified atom stereocenters. The van der Waals surface area contributed by atoms with Crippen LogP contribution in [0.2, 0.25) is 5.02 Å². The van der Waals surface area contributed by atoms with Gasteiger partial charge in [0.25, 0.3) is 0 Å². The number of nitriles is 1. The summed E-state index contributed by atoms with van der Waals surface area (Å²) in [5, 5.41) is 13.3. The maximum atomic E-state index is 13.3. The first kappa shape index (κ1) is 22.2. The molecule has 1 heterocycles. The summed E-state index contributed by atoms with van der Waals surface area (Å²) >= 11 is 6.06. The molecule has 6 rings (SSSR count). The SMILES string of the molecule is N#C[C@@H]1CCCN1C(=O)CNC12CC3CC(CC(CS(=O)(=O)c4cccc(Cl)c4)(C3)C1)C2. The van der Waals surface area contributed by atoms with E-state index in [1.807, 2.05) is 0 Å². The molecule has 32 heavy (non-hydrogen) atoms. The monoisotopic (exact) mass is 475 g/mol. The maximum absolute atomic E-state index is 13.3. The third kappa shape index (κ3) is 4.06. The minimum atomic E-state index is -3.45. The number of nitrogens with one attached hydrogen (secondary N) is 1. The molecular formula is C24H30ClN3O3S. The third-order valence-corrected chi connectivity index (χ3v) is 10.4. The zero-order chi connectivity index (χ0) is 22.6. The Hall–Kier alpha value is -1.62. The molecular weight excluding hydrogens is 446 g/mol. The number of hydrogen-bond donors (Lipinski definition) is 1. The van der Waals surface area contributed by atoms with Gasteiger partial charge >= 0.3 is 0 Å². The lowest BCUT2D eigenvalue weighted by Gasteiger charge is -2.62. The van der Waals surface area contributed by atoms with Crippen LogP contribution in [0, 0.1) is 28.6 Å². The second-order valence-corrected chi connectivity index (χ2v) is 13.1. The van der Waals surface area contributed by atoms with Gasteiger partial charge in [0.05, 0.1) is 23.3 Å². The highest BCUT2D eigenvalue weighted by molar-refractivity contribution is 7.91. The zero-order valence-corrected chi connectivity index (χ0v) is 19.8. The van der Waals surface area contributed by atoms with Crippen LogP contribution in [0.5, 0.6) is 0 Å². The Balaban J connectivity index is 1.33. The Morgan fingerprint density at radius 3 is 2.69 bits per heavy atom. The van der Waals surface area contributed by atoms with Gasteiger partial charge in [0.15, 0.2) is 9.84 Å². The van der Waals surface area contributed by atoms with Crippen LogP contribution in [0.25, 0.3) is 0 Å². The van der Waals surface area contributed by atoms with Gasteiger partial charge in [-0.2, -0.15) is 5.26 Å². The topological polar surface area (TPSA) is 90.3 Å². The quantitative estimate of drug-likeness (QED) is 0.679. The van der Waals surface area contributed by atoms with Crippen molar-refractivity contribution >= 4 is 27.3 Å². The molecule has 0 spiro atoms. The van der Waals surface area contributed by atoms with E-state index in [-0.39, 0.29) is 35.2 Å². The number of carbonyl (C=O) groups is 1. The summed E-state index contributed by atoms with van der Waals surface area (Å²) in [7, 11) is -3.45. The molecule has 172 valence electrons. The van der Waals surface area contributed by atoms with Crippen LogP contribution in [0.4, 0.5) is 0 Å². The second kappa shape index (κ2) is 8.00. The van der Waals surface area contributed by atoms with Gasteiger partial charge in [0.1, 0.15) is 6.04 Å². The number of amides is 1. The molecule has 8 heteroatoms. The van der Waals surface area contributed by atoms with E-state index in [9.17, 15) is 18.5 Å². The van der Waals surface area contributed by atoms with Crippen molar-refractivity contribution in [2.24, 2.45) is 17.3 Å². The second-order valence-electron chi connectivity index (χ2n) is 10.7. The van der Waals surface area contributed by atoms with Crippen molar-refractivity contribution in [1.29, 1.82) is 5.26 Å². The van der Waals surface area contributed by atoms with Crippen LogP contribution in [0.3, 0.4) is 0 Å². The van der Waals surface area contributed by atoms with Crippen LogP contribution in [-0.2, 0) is 14.6 Å². The highest BCUT2D eigenvalue weighted by Crippen LogP contribution is 2.62. The Morgan fingerprint density at radius 1 is 1.25 bits per heavy atom. The van der Waals surface area contributed by atoms with Gasteiger partial charge in [-0.15, -0.1) is 0 Å². The summed E-state index contributed by atoms with van der Waals surface area (Å²) in [4.78, 5) is 14.8. The number of carbonyl (C=O) groups excluding carboxylic acids is 1. The molecule has 0 aromatic heterocycles. The van der Waals surface area contributed by atoms with E-state index in [1.165, 1.54) is 6.42 Å². The number of hydrogen-bond acceptors (Lipinski definition) is 5. The fraction of sp³-hybridized carbons (Fsp3) is 0.667. The molecule has 5 fully saturated rings. The highest BCUT2D eigenvalue weighted by atomic mass is 35.5. The summed E-state index contributed by atoms with van der Waals surface area (Å²) in [5.41, 5.74) is -0.421. The standard InChI is InChI=1S/C24H30ClN3O3S/c25-19-3-1-5-21(8-19)32(30,31)16-23-9-17-7-18(10-23)12-24(11-17,15-23)27-14-22(29)28-6-2-4-20(28)13-26/h1,3,5,8,17-18,20,27H,2,4,6-7,9-12,14-16H2/t17?,18?,20-,23?,24?/m0/s1. The smallest absolute Gasteiger partial charge is 0.237 e. The van der Waals surface area contributed by atoms with Gasteiger partial charge in [0.2, 0.25) is 5.91 Å². The zero-order valence-electron chi connectivity index (χ0n) is 18.2. The molecule has 3 atom stereocenters. The van der Waals surface area contributed by atoms with Crippen molar-refractivity contribution in [3.05, 3.63) is 29.3 Å². The number of benzene rings is 1. The van der Waals surface area contributed by atoms with Crippen LogP contribution in [-0.4, -0.2) is 49.6 Å². The summed E-state index contributed by atoms with van der Waals surface area (Å²) in [5.74, 6) is 1.15. The van der Waals surface area contributed by atoms with Gasteiger partial charge in [0, 0.05) is 17.1 Å². The normalized spacial score (nSPS) is 35.8. The van der Waals surface area contributed by atoms with Crippen molar-refractivity contribution in [3.63, 3.8) is 0 Å². The summed E-state index contributed by atoms with van der Waals surface area (Å²) in [6.45, 7) is 0.882. The number of nitrogens with zero attached hydrogens (tertiary/aromatic N) is 2. The van der Waals surface area contributed by atoms with Crippen molar-refractivity contribution in [2.75, 3.05) is 18.8 Å². The Bertz CT molecular complexity index is 1050. The van der Waals surface area contributed by atoms with Crippen LogP contribution >= 0.6 is 11.6 Å². The Kier molecular flexibility index (Phi) is 5.55. The van der Waals surface area contributed by atoms with Gasteiger partial charge in [-0.05, 0) is 86.8 Å². The molecule has 1 saturated heterocycles. The lowest BCUT2D eigenvalue weighted by atomic mass is 9.47. The molecule has 1 N–H and O–H groups in total. The lowest BCUT2D eigenvalue weighted by Crippen LogP contribution is -2.64. The van der Waals surface area contributed by atoms with E-state index in [2.05, 4.69) is 11.4 Å². The Labute approximate surface area is 195 Å². The maximum Gasteiger partial charge on any atom is 0.237 e. The minimum Gasteiger partial charge on any atom is -0.326 e. The van der Waals surface area contributed by atoms with Gasteiger partial charge in [-0.25, -0.2) is 8.42 Å². The van der Waals surface area contributed by atoms with Gasteiger partial charge < -0.3 is 10.2 Å². The largest absolute Gasteiger partial charge is 0.326 e. The van der Waals surface area contributed by atoms with Crippen molar-refractivity contribution < 1.29 is 13.2 Å². The molecule has 6 nitrogen and oxygen atoms in total. The van der Waals surface area contributed by atoms with E-state index >= 15 is 0 Å². The molecule has 1 aromatic rings. The van der Waals surface area contributed by atoms with Gasteiger partial charge in [-0.3, -0.25) is 4.79 Å². The van der Waals surface area contributed by atoms with Crippen molar-refractivity contribution in [3.8, 4) is 6.07 Å². The van der Waals surface area contributed by atoms with E-state index in [4.69, 9.17) is 11.6 Å². The predicted molar refractivity (Wildman–Crippen MR) is 122 cm³/mol. The lowest BCUT2D eigenvalue weighted by molar-refractivity contribution is -0.132. The number of halogens is 1. The van der Waals surface area contributed by atoms with Crippen LogP contribution < -0.4 is 5.32 Å². The predicted octanol–water partition coefficient (Wildman–Crippen LogP) is 3.56. The fourth-order valence-corrected chi connectivity index (χ4v) is 9.70. The fourth-order valence-electron chi connectivity index (χ4n) is 7.54. The molecule has 5 aliphatic rings. The van der Waals surface area contributed by atoms with E-state index < -0.39 is 9.84 Å². The molecule has 1 aromatic carbocycles. The Morgan fingerprint density at radius 2 is 2.00 bits per heavy atom. The summed E-state index contributed by atoms with van der Waals surface area (Å²) in [6, 6.07) is 8.50. The van der Waals surface area contributed by atoms with Crippen LogP contribution in [0.15, 0.2) is 29.2 Å². The van der Waals surface area contributed by atoms with Crippen molar-refractivity contribution in [2.45, 2.75) is 67.8 Å². The average molecular weight is 476 g/mol. The van der Waals surface area contributed by atoms with Crippen LogP contribution in [0.1, 0.15) is 51.4 Å². The first-order valence-corrected chi connectivity index (χ1v) is 13.7. The highest BCUT2D eigenvalue weighted by Gasteiger charge is 2.58. The van der Waals surface area contributed by atoms with E-state index in [0.29, 0.717) is 28.3 Å². The molecule has 4 saturated carbocycles. The molecule has 1 amide bonds. The molecule has 4 bridgehead atoms. The number of rotatable bonds is 6. The number of likely N-dealkylation sites (tertiary alicyclic amines) is 1. The summed E-state index contributed by atoms with van der Waals surface area (Å²) in [6.07, 6.45) is 7.51. The number of sulfone groups is 1. The molecule has 1 aliphatic heterocycles. The first-order valence-electron chi connectivity index (χ1n) is 11.6. The third-order valence-electron chi connectivity index (χ3n) is 8.17. The van der Waals surface area contributed by atoms with E-state index in [0.717, 1.165) is 44.9 Å². The van der Waals surface area contributed by atoms with Gasteiger partial charge in [-0.1, -0.05) is 17.7 Å². The van der Waals surface area contributed by atoms with E-state index in [1.54, 1.807) is 29.2 Å². The summed E-state index contributed by atoms with van der Waals surface area (Å²) < 4.78 is 26.6. The minimum absolute atomic E-state index is 0.00889.